The molecule has 0 aromatic heterocycles. The van der Waals surface area contributed by atoms with Gasteiger partial charge >= 0.3 is 0 Å². The Morgan fingerprint density at radius 2 is 0.971 bits per heavy atom. The Balaban J connectivity index is 1.91. The maximum absolute atomic E-state index is 10.2. The summed E-state index contributed by atoms with van der Waals surface area (Å²) in [6.45, 7) is 13.8. The number of rotatable bonds is 12. The van der Waals surface area contributed by atoms with Crippen molar-refractivity contribution >= 4 is 21.5 Å². The average Bonchev–Trinajstić information content (AvgIpc) is 2.81. The van der Waals surface area contributed by atoms with Crippen molar-refractivity contribution in [2.24, 2.45) is 11.8 Å². The first-order chi connectivity index (χ1) is 16.1. The monoisotopic (exact) mass is 462 g/mol. The fourth-order valence-electron chi connectivity index (χ4n) is 5.18. The highest BCUT2D eigenvalue weighted by atomic mass is 16.3. The largest absolute Gasteiger partial charge is 0.395 e. The van der Waals surface area contributed by atoms with Crippen LogP contribution in [0.25, 0.3) is 21.5 Å². The highest BCUT2D eigenvalue weighted by molar-refractivity contribution is 5.98. The fourth-order valence-corrected chi connectivity index (χ4v) is 5.18. The number of fused-ring (bicyclic) bond motifs is 2. The van der Waals surface area contributed by atoms with Gasteiger partial charge in [-0.25, -0.2) is 0 Å². The van der Waals surface area contributed by atoms with E-state index in [2.05, 4.69) is 90.1 Å². The van der Waals surface area contributed by atoms with E-state index in [0.29, 0.717) is 11.8 Å². The lowest BCUT2D eigenvalue weighted by molar-refractivity contribution is 0.192. The van der Waals surface area contributed by atoms with E-state index in [9.17, 15) is 10.2 Å². The summed E-state index contributed by atoms with van der Waals surface area (Å²) in [5, 5.41) is 25.4. The van der Waals surface area contributed by atoms with Crippen molar-refractivity contribution in [1.29, 1.82) is 0 Å². The Morgan fingerprint density at radius 1 is 0.588 bits per heavy atom. The van der Waals surface area contributed by atoms with Gasteiger partial charge in [-0.15, -0.1) is 0 Å². The number of aliphatic hydroxyl groups is 2. The van der Waals surface area contributed by atoms with Crippen LogP contribution in [-0.4, -0.2) is 23.4 Å². The van der Waals surface area contributed by atoms with Gasteiger partial charge in [-0.2, -0.15) is 0 Å². The smallest absolute Gasteiger partial charge is 0.0525 e. The van der Waals surface area contributed by atoms with Crippen molar-refractivity contribution < 1.29 is 10.2 Å². The van der Waals surface area contributed by atoms with Gasteiger partial charge in [0.1, 0.15) is 0 Å². The van der Waals surface area contributed by atoms with Crippen LogP contribution in [0.1, 0.15) is 91.2 Å². The third kappa shape index (κ3) is 6.20. The quantitative estimate of drug-likeness (QED) is 0.267. The first-order valence-electron chi connectivity index (χ1n) is 13.3. The van der Waals surface area contributed by atoms with E-state index in [1.54, 1.807) is 0 Å². The van der Waals surface area contributed by atoms with Gasteiger partial charge in [-0.3, -0.25) is 0 Å². The van der Waals surface area contributed by atoms with Crippen molar-refractivity contribution in [2.45, 2.75) is 90.9 Å². The normalized spacial score (nSPS) is 15.8. The summed E-state index contributed by atoms with van der Waals surface area (Å²) in [4.78, 5) is 0. The molecule has 0 bridgehead atoms. The van der Waals surface area contributed by atoms with Crippen molar-refractivity contribution in [1.82, 2.24) is 0 Å². The van der Waals surface area contributed by atoms with Gasteiger partial charge in [-0.1, -0.05) is 104 Å². The van der Waals surface area contributed by atoms with E-state index in [0.717, 1.165) is 25.7 Å². The molecular formula is C32H46O2. The van der Waals surface area contributed by atoms with Gasteiger partial charge in [0.25, 0.3) is 0 Å². The Bertz CT molecular complexity index is 996. The second-order valence-corrected chi connectivity index (χ2v) is 12.0. The molecule has 2 N–H and O–H groups in total. The van der Waals surface area contributed by atoms with Crippen LogP contribution in [0.2, 0.25) is 0 Å². The summed E-state index contributed by atoms with van der Waals surface area (Å²) in [6, 6.07) is 17.9. The third-order valence-electron chi connectivity index (χ3n) is 7.91. The molecule has 0 saturated heterocycles. The molecule has 186 valence electrons. The maximum atomic E-state index is 10.2. The molecular weight excluding hydrogens is 416 g/mol. The van der Waals surface area contributed by atoms with E-state index in [4.69, 9.17) is 0 Å². The van der Waals surface area contributed by atoms with Crippen LogP contribution in [0, 0.1) is 11.8 Å². The minimum atomic E-state index is -0.208. The molecule has 2 atom stereocenters. The van der Waals surface area contributed by atoms with Gasteiger partial charge in [-0.05, 0) is 69.5 Å². The second kappa shape index (κ2) is 11.2. The van der Waals surface area contributed by atoms with E-state index in [1.807, 2.05) is 0 Å². The molecule has 34 heavy (non-hydrogen) atoms. The fraction of sp³-hybridized carbons (Fsp3) is 0.562. The zero-order chi connectivity index (χ0) is 24.9. The molecule has 0 aliphatic heterocycles. The number of hydrogen-bond acceptors (Lipinski definition) is 2. The summed E-state index contributed by atoms with van der Waals surface area (Å²) in [5.74, 6) is 1.39. The summed E-state index contributed by atoms with van der Waals surface area (Å²) in [6.07, 6.45) is 6.66. The minimum Gasteiger partial charge on any atom is -0.395 e. The standard InChI is InChI=1S/C32H46O2/c1-23(2)9-7-15-31(5,21-33)29-13-11-25-18-28-20-30(14-12-26(28)17-27(25)19-29)32(6,22-34)16-8-10-24(3)4/h11-14,17-20,23-24,33-34H,7-10,15-16,21-22H2,1-6H3. The van der Waals surface area contributed by atoms with Gasteiger partial charge in [0, 0.05) is 10.8 Å². The average molecular weight is 463 g/mol. The van der Waals surface area contributed by atoms with Crippen molar-refractivity contribution in [3.63, 3.8) is 0 Å². The third-order valence-corrected chi connectivity index (χ3v) is 7.91. The van der Waals surface area contributed by atoms with Crippen LogP contribution in [0.15, 0.2) is 48.5 Å². The zero-order valence-electron chi connectivity index (χ0n) is 22.3. The van der Waals surface area contributed by atoms with Crippen LogP contribution < -0.4 is 0 Å². The molecule has 2 unspecified atom stereocenters. The molecule has 2 heteroatoms. The van der Waals surface area contributed by atoms with Gasteiger partial charge in [0.05, 0.1) is 13.2 Å². The van der Waals surface area contributed by atoms with Crippen molar-refractivity contribution in [3.05, 3.63) is 59.7 Å². The molecule has 0 fully saturated rings. The van der Waals surface area contributed by atoms with Crippen molar-refractivity contribution in [2.75, 3.05) is 13.2 Å². The predicted octanol–water partition coefficient (Wildman–Crippen LogP) is 8.15. The lowest BCUT2D eigenvalue weighted by atomic mass is 9.77. The number of hydrogen-bond donors (Lipinski definition) is 2. The van der Waals surface area contributed by atoms with Gasteiger partial charge in [0.2, 0.25) is 0 Å². The minimum absolute atomic E-state index is 0.171. The van der Waals surface area contributed by atoms with Crippen molar-refractivity contribution in [3.8, 4) is 0 Å². The molecule has 0 aliphatic rings. The molecule has 3 rings (SSSR count). The number of aliphatic hydroxyl groups excluding tert-OH is 2. The van der Waals surface area contributed by atoms with Crippen LogP contribution in [0.5, 0.6) is 0 Å². The molecule has 3 aromatic rings. The highest BCUT2D eigenvalue weighted by Gasteiger charge is 2.27. The lowest BCUT2D eigenvalue weighted by Crippen LogP contribution is -2.27. The zero-order valence-corrected chi connectivity index (χ0v) is 22.3. The topological polar surface area (TPSA) is 40.5 Å². The molecule has 0 spiro atoms. The molecule has 2 nitrogen and oxygen atoms in total. The van der Waals surface area contributed by atoms with E-state index >= 15 is 0 Å². The van der Waals surface area contributed by atoms with Crippen LogP contribution in [0.3, 0.4) is 0 Å². The van der Waals surface area contributed by atoms with Gasteiger partial charge in [0.15, 0.2) is 0 Å². The van der Waals surface area contributed by atoms with Crippen LogP contribution in [0.4, 0.5) is 0 Å². The summed E-state index contributed by atoms with van der Waals surface area (Å²) in [5.41, 5.74) is 2.03. The van der Waals surface area contributed by atoms with E-state index in [1.165, 1.54) is 45.5 Å². The molecule has 0 amide bonds. The molecule has 0 heterocycles. The summed E-state index contributed by atoms with van der Waals surface area (Å²) < 4.78 is 0. The van der Waals surface area contributed by atoms with Crippen LogP contribution in [-0.2, 0) is 10.8 Å². The Hall–Kier alpha value is -1.90. The predicted molar refractivity (Wildman–Crippen MR) is 148 cm³/mol. The van der Waals surface area contributed by atoms with Crippen LogP contribution >= 0.6 is 0 Å². The SMILES string of the molecule is CC(C)CCCC(C)(CO)c1ccc2cc3cc(C(C)(CO)CCCC(C)C)ccc3cc2c1. The second-order valence-electron chi connectivity index (χ2n) is 12.0. The molecule has 0 radical (unpaired) electrons. The van der Waals surface area contributed by atoms with Gasteiger partial charge < -0.3 is 10.2 Å². The molecule has 0 saturated carbocycles. The highest BCUT2D eigenvalue weighted by Crippen LogP contribution is 2.36. The molecule has 3 aromatic carbocycles. The first kappa shape index (κ1) is 26.7. The Labute approximate surface area is 207 Å². The summed E-state index contributed by atoms with van der Waals surface area (Å²) >= 11 is 0. The Morgan fingerprint density at radius 3 is 1.29 bits per heavy atom. The lowest BCUT2D eigenvalue weighted by Gasteiger charge is -2.29. The first-order valence-corrected chi connectivity index (χ1v) is 13.3. The van der Waals surface area contributed by atoms with E-state index in [-0.39, 0.29) is 24.0 Å². The molecule has 0 aliphatic carbocycles. The van der Waals surface area contributed by atoms with E-state index < -0.39 is 0 Å². The Kier molecular flexibility index (Phi) is 8.82. The maximum Gasteiger partial charge on any atom is 0.0525 e. The summed E-state index contributed by atoms with van der Waals surface area (Å²) in [7, 11) is 0. The number of benzene rings is 3.